The predicted octanol–water partition coefficient (Wildman–Crippen LogP) is 1.000. The molecule has 17 heavy (non-hydrogen) atoms. The number of halogens is 2. The minimum Gasteiger partial charge on any atom is -0.505 e. The van der Waals surface area contributed by atoms with Gasteiger partial charge in [-0.15, -0.1) is 12.4 Å². The summed E-state index contributed by atoms with van der Waals surface area (Å²) in [6.45, 7) is 0.263. The maximum atomic E-state index is 13.2. The average molecular weight is 265 g/mol. The van der Waals surface area contributed by atoms with Gasteiger partial charge in [0.05, 0.1) is 5.56 Å². The molecule has 0 aliphatic rings. The van der Waals surface area contributed by atoms with Crippen LogP contribution in [0.25, 0.3) is 0 Å². The van der Waals surface area contributed by atoms with Crippen molar-refractivity contribution in [1.82, 2.24) is 0 Å². The van der Waals surface area contributed by atoms with Gasteiger partial charge in [-0.2, -0.15) is 0 Å². The molecule has 7 heteroatoms. The molecule has 0 fully saturated rings. The van der Waals surface area contributed by atoms with Gasteiger partial charge in [0.2, 0.25) is 0 Å². The molecule has 0 radical (unpaired) electrons. The van der Waals surface area contributed by atoms with Crippen LogP contribution in [0.5, 0.6) is 5.75 Å². The van der Waals surface area contributed by atoms with Crippen LogP contribution < -0.4 is 11.5 Å². The topological polar surface area (TPSA) is 110 Å². The number of carbonyl (C=O) groups is 1. The highest BCUT2D eigenvalue weighted by molar-refractivity contribution is 5.88. The Labute approximate surface area is 104 Å². The van der Waals surface area contributed by atoms with Gasteiger partial charge in [-0.1, -0.05) is 0 Å². The maximum absolute atomic E-state index is 13.2. The Kier molecular flexibility index (Phi) is 5.87. The van der Waals surface area contributed by atoms with Gasteiger partial charge < -0.3 is 21.7 Å². The van der Waals surface area contributed by atoms with Crippen LogP contribution in [0.4, 0.5) is 4.39 Å². The van der Waals surface area contributed by atoms with E-state index >= 15 is 0 Å². The van der Waals surface area contributed by atoms with Gasteiger partial charge in [0.25, 0.3) is 0 Å². The lowest BCUT2D eigenvalue weighted by Gasteiger charge is -2.13. The molecule has 0 saturated heterocycles. The van der Waals surface area contributed by atoms with Crippen LogP contribution in [0.3, 0.4) is 0 Å². The monoisotopic (exact) mass is 264 g/mol. The van der Waals surface area contributed by atoms with Gasteiger partial charge in [0.15, 0.2) is 11.6 Å². The van der Waals surface area contributed by atoms with Gasteiger partial charge in [0, 0.05) is 11.6 Å². The molecule has 96 valence electrons. The summed E-state index contributed by atoms with van der Waals surface area (Å²) in [6, 6.07) is 1.22. The maximum Gasteiger partial charge on any atom is 0.335 e. The summed E-state index contributed by atoms with van der Waals surface area (Å²) in [4.78, 5) is 10.7. The molecule has 5 nitrogen and oxygen atoms in total. The number of benzene rings is 1. The van der Waals surface area contributed by atoms with Crippen molar-refractivity contribution < 1.29 is 19.4 Å². The SMILES string of the molecule is Cl.NCC[C@H](N)c1cc(C(=O)O)cc(F)c1O. The average Bonchev–Trinajstić information content (AvgIpc) is 2.21. The highest BCUT2D eigenvalue weighted by Gasteiger charge is 2.17. The molecule has 0 aliphatic carbocycles. The molecule has 0 spiro atoms. The summed E-state index contributed by atoms with van der Waals surface area (Å²) in [7, 11) is 0. The zero-order valence-electron chi connectivity index (χ0n) is 8.89. The third-order valence-electron chi connectivity index (χ3n) is 2.22. The molecule has 1 aromatic rings. The summed E-state index contributed by atoms with van der Waals surface area (Å²) in [5.41, 5.74) is 10.7. The molecule has 1 atom stereocenters. The number of aromatic carboxylic acids is 1. The highest BCUT2D eigenvalue weighted by Crippen LogP contribution is 2.28. The van der Waals surface area contributed by atoms with Crippen LogP contribution in [-0.4, -0.2) is 22.7 Å². The van der Waals surface area contributed by atoms with E-state index in [2.05, 4.69) is 0 Å². The van der Waals surface area contributed by atoms with E-state index in [1.165, 1.54) is 0 Å². The quantitative estimate of drug-likeness (QED) is 0.649. The number of carboxylic acids is 1. The molecular weight excluding hydrogens is 251 g/mol. The first-order valence-corrected chi connectivity index (χ1v) is 4.68. The fraction of sp³-hybridized carbons (Fsp3) is 0.300. The van der Waals surface area contributed by atoms with Crippen LogP contribution in [0.1, 0.15) is 28.4 Å². The van der Waals surface area contributed by atoms with Crippen molar-refractivity contribution in [3.63, 3.8) is 0 Å². The predicted molar refractivity (Wildman–Crippen MR) is 62.9 cm³/mol. The Bertz CT molecular complexity index is 415. The van der Waals surface area contributed by atoms with Gasteiger partial charge in [-0.25, -0.2) is 9.18 Å². The van der Waals surface area contributed by atoms with Crippen LogP contribution in [0, 0.1) is 5.82 Å². The number of phenols is 1. The van der Waals surface area contributed by atoms with E-state index < -0.39 is 23.6 Å². The van der Waals surface area contributed by atoms with Gasteiger partial charge >= 0.3 is 5.97 Å². The second kappa shape index (κ2) is 6.39. The molecule has 0 aliphatic heterocycles. The first-order valence-electron chi connectivity index (χ1n) is 4.68. The van der Waals surface area contributed by atoms with Crippen LogP contribution in [0.2, 0.25) is 0 Å². The fourth-order valence-electron chi connectivity index (χ4n) is 1.36. The number of hydrogen-bond donors (Lipinski definition) is 4. The molecule has 0 aromatic heterocycles. The Hall–Kier alpha value is -1.37. The van der Waals surface area contributed by atoms with Crippen molar-refractivity contribution in [3.8, 4) is 5.75 Å². The van der Waals surface area contributed by atoms with E-state index in [0.29, 0.717) is 6.42 Å². The van der Waals surface area contributed by atoms with Crippen molar-refractivity contribution >= 4 is 18.4 Å². The summed E-state index contributed by atoms with van der Waals surface area (Å²) in [6.07, 6.45) is 0.329. The van der Waals surface area contributed by atoms with E-state index in [1.54, 1.807) is 0 Å². The molecule has 0 saturated carbocycles. The Morgan fingerprint density at radius 1 is 1.47 bits per heavy atom. The summed E-state index contributed by atoms with van der Waals surface area (Å²) < 4.78 is 13.2. The number of rotatable bonds is 4. The minimum atomic E-state index is -1.28. The van der Waals surface area contributed by atoms with Gasteiger partial charge in [-0.05, 0) is 25.1 Å². The normalized spacial score (nSPS) is 11.7. The number of carboxylic acid groups (broad SMARTS) is 1. The molecule has 0 unspecified atom stereocenters. The third-order valence-corrected chi connectivity index (χ3v) is 2.22. The Morgan fingerprint density at radius 2 is 2.06 bits per heavy atom. The lowest BCUT2D eigenvalue weighted by molar-refractivity contribution is 0.0696. The number of nitrogens with two attached hydrogens (primary N) is 2. The van der Waals surface area contributed by atoms with Crippen LogP contribution in [-0.2, 0) is 0 Å². The second-order valence-corrected chi connectivity index (χ2v) is 3.38. The van der Waals surface area contributed by atoms with E-state index in [0.717, 1.165) is 12.1 Å². The number of aromatic hydroxyl groups is 1. The van der Waals surface area contributed by atoms with Crippen LogP contribution in [0.15, 0.2) is 12.1 Å². The number of hydrogen-bond acceptors (Lipinski definition) is 4. The molecular formula is C10H14ClFN2O3. The van der Waals surface area contributed by atoms with E-state index in [-0.39, 0.29) is 30.1 Å². The minimum absolute atomic E-state index is 0. The van der Waals surface area contributed by atoms with E-state index in [9.17, 15) is 14.3 Å². The molecule has 0 heterocycles. The third kappa shape index (κ3) is 3.55. The van der Waals surface area contributed by atoms with Crippen molar-refractivity contribution in [2.45, 2.75) is 12.5 Å². The zero-order valence-corrected chi connectivity index (χ0v) is 9.71. The molecule has 1 rings (SSSR count). The second-order valence-electron chi connectivity index (χ2n) is 3.38. The Balaban J connectivity index is 0.00000256. The van der Waals surface area contributed by atoms with Crippen molar-refractivity contribution in [2.75, 3.05) is 6.54 Å². The first kappa shape index (κ1) is 15.6. The summed E-state index contributed by atoms with van der Waals surface area (Å²) >= 11 is 0. The lowest BCUT2D eigenvalue weighted by atomic mass is 10.0. The van der Waals surface area contributed by atoms with Gasteiger partial charge in [0.1, 0.15) is 0 Å². The van der Waals surface area contributed by atoms with Crippen LogP contribution >= 0.6 is 12.4 Å². The smallest absolute Gasteiger partial charge is 0.335 e. The standard InChI is InChI=1S/C10H13FN2O3.ClH/c11-7-4-5(10(15)16)3-6(9(7)14)8(13)1-2-12;/h3-4,8,14H,1-2,12-13H2,(H,15,16);1H/t8-;/m0./s1. The zero-order chi connectivity index (χ0) is 12.3. The molecule has 0 bridgehead atoms. The summed E-state index contributed by atoms with van der Waals surface area (Å²) in [5, 5.41) is 18.1. The van der Waals surface area contributed by atoms with Crippen molar-refractivity contribution in [2.24, 2.45) is 11.5 Å². The molecule has 6 N–H and O–H groups in total. The van der Waals surface area contributed by atoms with E-state index in [4.69, 9.17) is 16.6 Å². The highest BCUT2D eigenvalue weighted by atomic mass is 35.5. The molecule has 1 aromatic carbocycles. The van der Waals surface area contributed by atoms with Crippen molar-refractivity contribution in [1.29, 1.82) is 0 Å². The van der Waals surface area contributed by atoms with E-state index in [1.807, 2.05) is 0 Å². The van der Waals surface area contributed by atoms with Gasteiger partial charge in [-0.3, -0.25) is 0 Å². The Morgan fingerprint density at radius 3 is 2.53 bits per heavy atom. The molecule has 0 amide bonds. The summed E-state index contributed by atoms with van der Waals surface area (Å²) in [5.74, 6) is -2.89. The first-order chi connectivity index (χ1) is 7.47. The number of phenolic OH excluding ortho intramolecular Hbond substituents is 1. The van der Waals surface area contributed by atoms with Crippen molar-refractivity contribution in [3.05, 3.63) is 29.1 Å². The fourth-order valence-corrected chi connectivity index (χ4v) is 1.36. The lowest BCUT2D eigenvalue weighted by Crippen LogP contribution is -2.16. The largest absolute Gasteiger partial charge is 0.505 e.